The summed E-state index contributed by atoms with van der Waals surface area (Å²) in [6, 6.07) is 12.9. The number of carbonyl (C=O) groups is 1. The molecule has 1 heterocycles. The van der Waals surface area contributed by atoms with Gasteiger partial charge in [-0.2, -0.15) is 5.10 Å². The molecule has 3 aromatic rings. The van der Waals surface area contributed by atoms with Gasteiger partial charge in [0, 0.05) is 19.5 Å². The van der Waals surface area contributed by atoms with E-state index in [0.717, 1.165) is 4.68 Å². The number of nitrogens with zero attached hydrogens (tertiary/aromatic N) is 3. The van der Waals surface area contributed by atoms with Crippen molar-refractivity contribution < 1.29 is 13.9 Å². The Morgan fingerprint density at radius 1 is 1.15 bits per heavy atom. The van der Waals surface area contributed by atoms with Crippen LogP contribution in [-0.2, 0) is 7.05 Å². The van der Waals surface area contributed by atoms with Gasteiger partial charge in [-0.25, -0.2) is 9.07 Å². The van der Waals surface area contributed by atoms with E-state index in [1.807, 2.05) is 0 Å². The SMILES string of the molecule is CN(CCOc1ccccc1F)C(=O)c1nn(C)c(=O)c2ccccc12. The fraction of sp³-hybridized carbons (Fsp3) is 0.211. The second-order valence-corrected chi connectivity index (χ2v) is 5.83. The molecule has 0 aliphatic carbocycles. The van der Waals surface area contributed by atoms with Crippen LogP contribution in [0.25, 0.3) is 10.8 Å². The number of hydrogen-bond acceptors (Lipinski definition) is 4. The highest BCUT2D eigenvalue weighted by molar-refractivity contribution is 6.04. The number of amides is 1. The summed E-state index contributed by atoms with van der Waals surface area (Å²) in [7, 11) is 3.11. The van der Waals surface area contributed by atoms with Crippen LogP contribution in [0.15, 0.2) is 53.3 Å². The van der Waals surface area contributed by atoms with E-state index >= 15 is 0 Å². The highest BCUT2D eigenvalue weighted by Crippen LogP contribution is 2.16. The Hall–Kier alpha value is -3.22. The Balaban J connectivity index is 1.77. The van der Waals surface area contributed by atoms with Gasteiger partial charge in [0.1, 0.15) is 6.61 Å². The molecule has 6 nitrogen and oxygen atoms in total. The summed E-state index contributed by atoms with van der Waals surface area (Å²) in [5.74, 6) is -0.653. The third-order valence-electron chi connectivity index (χ3n) is 4.03. The van der Waals surface area contributed by atoms with Crippen molar-refractivity contribution in [1.29, 1.82) is 0 Å². The third kappa shape index (κ3) is 3.42. The highest BCUT2D eigenvalue weighted by Gasteiger charge is 2.19. The van der Waals surface area contributed by atoms with Crippen molar-refractivity contribution in [3.8, 4) is 5.75 Å². The number of halogens is 1. The average Bonchev–Trinajstić information content (AvgIpc) is 2.65. The molecular weight excluding hydrogens is 337 g/mol. The highest BCUT2D eigenvalue weighted by atomic mass is 19.1. The van der Waals surface area contributed by atoms with Crippen molar-refractivity contribution in [3.63, 3.8) is 0 Å². The van der Waals surface area contributed by atoms with E-state index in [1.54, 1.807) is 43.4 Å². The molecule has 0 atom stereocenters. The summed E-state index contributed by atoms with van der Waals surface area (Å²) < 4.78 is 20.1. The van der Waals surface area contributed by atoms with Crippen LogP contribution in [0.4, 0.5) is 4.39 Å². The van der Waals surface area contributed by atoms with Crippen LogP contribution in [0.3, 0.4) is 0 Å². The van der Waals surface area contributed by atoms with Crippen LogP contribution >= 0.6 is 0 Å². The topological polar surface area (TPSA) is 64.4 Å². The molecule has 0 saturated heterocycles. The van der Waals surface area contributed by atoms with E-state index < -0.39 is 5.82 Å². The molecular formula is C19H18FN3O3. The number of para-hydroxylation sites is 1. The average molecular weight is 355 g/mol. The number of aryl methyl sites for hydroxylation is 1. The molecule has 0 aliphatic rings. The molecule has 1 aromatic heterocycles. The molecule has 0 fully saturated rings. The number of aromatic nitrogens is 2. The van der Waals surface area contributed by atoms with Crippen LogP contribution in [0, 0.1) is 5.82 Å². The first-order chi connectivity index (χ1) is 12.5. The van der Waals surface area contributed by atoms with Crippen molar-refractivity contribution in [2.75, 3.05) is 20.2 Å². The minimum atomic E-state index is -0.452. The Labute approximate surface area is 149 Å². The van der Waals surface area contributed by atoms with Gasteiger partial charge in [-0.05, 0) is 18.2 Å². The lowest BCUT2D eigenvalue weighted by Crippen LogP contribution is -2.33. The fourth-order valence-electron chi connectivity index (χ4n) is 2.59. The summed E-state index contributed by atoms with van der Waals surface area (Å²) in [4.78, 5) is 26.3. The Morgan fingerprint density at radius 2 is 1.81 bits per heavy atom. The fourth-order valence-corrected chi connectivity index (χ4v) is 2.59. The molecule has 1 amide bonds. The van der Waals surface area contributed by atoms with E-state index in [1.165, 1.54) is 24.1 Å². The first-order valence-electron chi connectivity index (χ1n) is 8.08. The second kappa shape index (κ2) is 7.35. The number of likely N-dealkylation sites (N-methyl/N-ethyl adjacent to an activating group) is 1. The number of benzene rings is 2. The third-order valence-corrected chi connectivity index (χ3v) is 4.03. The van der Waals surface area contributed by atoms with E-state index in [-0.39, 0.29) is 36.1 Å². The van der Waals surface area contributed by atoms with Gasteiger partial charge >= 0.3 is 0 Å². The van der Waals surface area contributed by atoms with Gasteiger partial charge in [0.25, 0.3) is 11.5 Å². The normalized spacial score (nSPS) is 10.7. The maximum atomic E-state index is 13.5. The zero-order valence-electron chi connectivity index (χ0n) is 14.5. The van der Waals surface area contributed by atoms with Crippen molar-refractivity contribution in [3.05, 3.63) is 70.4 Å². The summed E-state index contributed by atoms with van der Waals surface area (Å²) in [6.07, 6.45) is 0. The number of hydrogen-bond donors (Lipinski definition) is 0. The van der Waals surface area contributed by atoms with Gasteiger partial charge in [0.2, 0.25) is 0 Å². The minimum absolute atomic E-state index is 0.132. The summed E-state index contributed by atoms with van der Waals surface area (Å²) in [5, 5.41) is 5.05. The quantitative estimate of drug-likeness (QED) is 0.704. The molecule has 0 saturated carbocycles. The largest absolute Gasteiger partial charge is 0.489 e. The molecule has 0 aliphatic heterocycles. The number of rotatable bonds is 5. The molecule has 2 aromatic carbocycles. The van der Waals surface area contributed by atoms with Crippen molar-refractivity contribution in [2.45, 2.75) is 0 Å². The molecule has 3 rings (SSSR count). The van der Waals surface area contributed by atoms with Crippen LogP contribution in [0.5, 0.6) is 5.75 Å². The maximum Gasteiger partial charge on any atom is 0.274 e. The first kappa shape index (κ1) is 17.6. The van der Waals surface area contributed by atoms with Gasteiger partial charge in [0.15, 0.2) is 17.3 Å². The summed E-state index contributed by atoms with van der Waals surface area (Å²) >= 11 is 0. The molecule has 0 bridgehead atoms. The number of ether oxygens (including phenoxy) is 1. The lowest BCUT2D eigenvalue weighted by molar-refractivity contribution is 0.0767. The van der Waals surface area contributed by atoms with Crippen LogP contribution < -0.4 is 10.3 Å². The second-order valence-electron chi connectivity index (χ2n) is 5.83. The van der Waals surface area contributed by atoms with E-state index in [4.69, 9.17) is 4.74 Å². The lowest BCUT2D eigenvalue weighted by Gasteiger charge is -2.18. The molecule has 26 heavy (non-hydrogen) atoms. The molecule has 0 radical (unpaired) electrons. The van der Waals surface area contributed by atoms with E-state index in [9.17, 15) is 14.0 Å². The predicted octanol–water partition coefficient (Wildman–Crippen LogP) is 2.22. The monoisotopic (exact) mass is 355 g/mol. The van der Waals surface area contributed by atoms with E-state index in [2.05, 4.69) is 5.10 Å². The molecule has 0 N–H and O–H groups in total. The predicted molar refractivity (Wildman–Crippen MR) is 95.8 cm³/mol. The molecule has 134 valence electrons. The van der Waals surface area contributed by atoms with Crippen LogP contribution in [0.1, 0.15) is 10.5 Å². The zero-order valence-corrected chi connectivity index (χ0v) is 14.5. The van der Waals surface area contributed by atoms with E-state index in [0.29, 0.717) is 10.8 Å². The summed E-state index contributed by atoms with van der Waals surface area (Å²) in [6.45, 7) is 0.374. The van der Waals surface area contributed by atoms with Crippen LogP contribution in [-0.4, -0.2) is 40.8 Å². The standard InChI is InChI=1S/C19H18FN3O3/c1-22(11-12-26-16-10-6-5-9-15(16)20)19(25)17-13-7-3-4-8-14(13)18(24)23(2)21-17/h3-10H,11-12H2,1-2H3. The smallest absolute Gasteiger partial charge is 0.274 e. The Bertz CT molecular complexity index is 1020. The maximum absolute atomic E-state index is 13.5. The van der Waals surface area contributed by atoms with Crippen LogP contribution in [0.2, 0.25) is 0 Å². The first-order valence-corrected chi connectivity index (χ1v) is 8.08. The Morgan fingerprint density at radius 3 is 2.54 bits per heavy atom. The molecule has 7 heteroatoms. The van der Waals surface area contributed by atoms with Gasteiger partial charge in [0.05, 0.1) is 11.9 Å². The van der Waals surface area contributed by atoms with Gasteiger partial charge < -0.3 is 9.64 Å². The van der Waals surface area contributed by atoms with Gasteiger partial charge in [-0.1, -0.05) is 30.3 Å². The Kier molecular flexibility index (Phi) is 4.97. The van der Waals surface area contributed by atoms with Gasteiger partial charge in [-0.15, -0.1) is 0 Å². The van der Waals surface area contributed by atoms with Crippen molar-refractivity contribution in [1.82, 2.24) is 14.7 Å². The number of carbonyl (C=O) groups excluding carboxylic acids is 1. The van der Waals surface area contributed by atoms with Gasteiger partial charge in [-0.3, -0.25) is 9.59 Å². The van der Waals surface area contributed by atoms with Crippen molar-refractivity contribution >= 4 is 16.7 Å². The number of fused-ring (bicyclic) bond motifs is 1. The van der Waals surface area contributed by atoms with Crippen molar-refractivity contribution in [2.24, 2.45) is 7.05 Å². The lowest BCUT2D eigenvalue weighted by atomic mass is 10.1. The minimum Gasteiger partial charge on any atom is -0.489 e. The molecule has 0 unspecified atom stereocenters. The summed E-state index contributed by atoms with van der Waals surface area (Å²) in [5.41, 5.74) is -0.0706. The molecule has 0 spiro atoms. The zero-order chi connectivity index (χ0) is 18.7.